The van der Waals surface area contributed by atoms with Gasteiger partial charge in [0.15, 0.2) is 5.82 Å². The van der Waals surface area contributed by atoms with Gasteiger partial charge in [-0.15, -0.1) is 5.10 Å². The molecule has 0 aliphatic carbocycles. The third-order valence-electron chi connectivity index (χ3n) is 2.76. The van der Waals surface area contributed by atoms with Gasteiger partial charge in [0.25, 0.3) is 0 Å². The third-order valence-corrected chi connectivity index (χ3v) is 2.76. The number of carbonyl (C=O) groups excluding carboxylic acids is 1. The molecule has 2 N–H and O–H groups in total. The second kappa shape index (κ2) is 4.44. The number of rotatable bonds is 2. The third kappa shape index (κ3) is 1.96. The van der Waals surface area contributed by atoms with Gasteiger partial charge in [-0.2, -0.15) is 5.10 Å². The van der Waals surface area contributed by atoms with Gasteiger partial charge in [-0.1, -0.05) is 0 Å². The lowest BCUT2D eigenvalue weighted by molar-refractivity contribution is -0.129. The van der Waals surface area contributed by atoms with Crippen molar-refractivity contribution < 1.29 is 4.79 Å². The van der Waals surface area contributed by atoms with Crippen molar-refractivity contribution in [2.24, 2.45) is 5.73 Å². The van der Waals surface area contributed by atoms with Crippen LogP contribution in [0.3, 0.4) is 0 Å². The van der Waals surface area contributed by atoms with E-state index in [4.69, 9.17) is 5.73 Å². The van der Waals surface area contributed by atoms with Crippen molar-refractivity contribution in [1.29, 1.82) is 0 Å². The van der Waals surface area contributed by atoms with E-state index in [-0.39, 0.29) is 5.91 Å². The van der Waals surface area contributed by atoms with Gasteiger partial charge >= 0.3 is 0 Å². The van der Waals surface area contributed by atoms with Crippen LogP contribution in [-0.2, 0) is 11.3 Å². The summed E-state index contributed by atoms with van der Waals surface area (Å²) in [6, 6.07) is 1.84. The Morgan fingerprint density at radius 1 is 1.50 bits per heavy atom. The van der Waals surface area contributed by atoms with Gasteiger partial charge in [0, 0.05) is 32.2 Å². The fourth-order valence-corrected chi connectivity index (χ4v) is 1.71. The van der Waals surface area contributed by atoms with Crippen molar-refractivity contribution in [2.75, 3.05) is 31.6 Å². The average molecular weight is 221 g/mol. The van der Waals surface area contributed by atoms with E-state index in [9.17, 15) is 4.79 Å². The van der Waals surface area contributed by atoms with Crippen LogP contribution in [0.1, 0.15) is 5.56 Å². The second-order valence-electron chi connectivity index (χ2n) is 3.82. The number of aromatic nitrogens is 2. The molecule has 0 spiro atoms. The number of anilines is 1. The van der Waals surface area contributed by atoms with E-state index >= 15 is 0 Å². The summed E-state index contributed by atoms with van der Waals surface area (Å²) < 4.78 is 0. The molecule has 1 aliphatic rings. The summed E-state index contributed by atoms with van der Waals surface area (Å²) in [5, 5.41) is 7.90. The van der Waals surface area contributed by atoms with E-state index in [1.807, 2.05) is 11.0 Å². The van der Waals surface area contributed by atoms with E-state index in [0.29, 0.717) is 19.6 Å². The summed E-state index contributed by atoms with van der Waals surface area (Å²) in [5.41, 5.74) is 6.55. The Labute approximate surface area is 94.0 Å². The van der Waals surface area contributed by atoms with Crippen LogP contribution in [0, 0.1) is 0 Å². The Morgan fingerprint density at radius 2 is 2.31 bits per heavy atom. The maximum Gasteiger partial charge on any atom is 0.241 e. The molecule has 16 heavy (non-hydrogen) atoms. The molecular formula is C10H15N5O. The molecule has 6 nitrogen and oxygen atoms in total. The number of amides is 1. The molecule has 2 heterocycles. The molecular weight excluding hydrogens is 206 g/mol. The topological polar surface area (TPSA) is 75.3 Å². The standard InChI is InChI=1S/C10H15N5O/c1-14-4-5-15(7-9(14)16)10-8(6-11)2-3-12-13-10/h2-3H,4-7,11H2,1H3. The van der Waals surface area contributed by atoms with Crippen molar-refractivity contribution in [3.63, 3.8) is 0 Å². The summed E-state index contributed by atoms with van der Waals surface area (Å²) in [7, 11) is 1.81. The van der Waals surface area contributed by atoms with Crippen LogP contribution in [0.15, 0.2) is 12.3 Å². The van der Waals surface area contributed by atoms with Crippen LogP contribution in [0.4, 0.5) is 5.82 Å². The van der Waals surface area contributed by atoms with Crippen molar-refractivity contribution in [1.82, 2.24) is 15.1 Å². The number of nitrogens with two attached hydrogens (primary N) is 1. The van der Waals surface area contributed by atoms with Gasteiger partial charge in [0.2, 0.25) is 5.91 Å². The lowest BCUT2D eigenvalue weighted by atomic mass is 10.2. The van der Waals surface area contributed by atoms with Crippen LogP contribution in [0.2, 0.25) is 0 Å². The highest BCUT2D eigenvalue weighted by molar-refractivity contribution is 5.82. The first-order valence-electron chi connectivity index (χ1n) is 5.22. The molecule has 86 valence electrons. The Hall–Kier alpha value is -1.69. The Bertz CT molecular complexity index is 395. The number of likely N-dealkylation sites (N-methyl/N-ethyl adjacent to an activating group) is 1. The molecule has 0 atom stereocenters. The molecule has 2 rings (SSSR count). The highest BCUT2D eigenvalue weighted by atomic mass is 16.2. The number of hydrogen-bond acceptors (Lipinski definition) is 5. The zero-order valence-corrected chi connectivity index (χ0v) is 9.26. The van der Waals surface area contributed by atoms with E-state index in [1.54, 1.807) is 18.1 Å². The van der Waals surface area contributed by atoms with Crippen LogP contribution in [-0.4, -0.2) is 47.7 Å². The number of piperazine rings is 1. The van der Waals surface area contributed by atoms with Crippen LogP contribution >= 0.6 is 0 Å². The van der Waals surface area contributed by atoms with Crippen LogP contribution < -0.4 is 10.6 Å². The molecule has 0 radical (unpaired) electrons. The van der Waals surface area contributed by atoms with Crippen molar-refractivity contribution >= 4 is 11.7 Å². The molecule has 0 unspecified atom stereocenters. The summed E-state index contributed by atoms with van der Waals surface area (Å²) in [5.74, 6) is 0.825. The minimum absolute atomic E-state index is 0.0971. The predicted molar refractivity (Wildman–Crippen MR) is 59.8 cm³/mol. The number of carbonyl (C=O) groups is 1. The number of nitrogens with zero attached hydrogens (tertiary/aromatic N) is 4. The highest BCUT2D eigenvalue weighted by Gasteiger charge is 2.23. The minimum Gasteiger partial charge on any atom is -0.344 e. The normalized spacial score (nSPS) is 16.8. The summed E-state index contributed by atoms with van der Waals surface area (Å²) in [6.07, 6.45) is 1.61. The highest BCUT2D eigenvalue weighted by Crippen LogP contribution is 2.17. The van der Waals surface area contributed by atoms with Gasteiger partial charge in [-0.3, -0.25) is 4.79 Å². The molecule has 1 aliphatic heterocycles. The fourth-order valence-electron chi connectivity index (χ4n) is 1.71. The first kappa shape index (κ1) is 10.8. The van der Waals surface area contributed by atoms with Crippen LogP contribution in [0.25, 0.3) is 0 Å². The lowest BCUT2D eigenvalue weighted by Crippen LogP contribution is -2.49. The van der Waals surface area contributed by atoms with Gasteiger partial charge in [0.1, 0.15) is 0 Å². The molecule has 1 aromatic heterocycles. The monoisotopic (exact) mass is 221 g/mol. The van der Waals surface area contributed by atoms with Crippen molar-refractivity contribution in [3.05, 3.63) is 17.8 Å². The van der Waals surface area contributed by atoms with E-state index < -0.39 is 0 Å². The van der Waals surface area contributed by atoms with E-state index in [2.05, 4.69) is 10.2 Å². The largest absolute Gasteiger partial charge is 0.344 e. The Morgan fingerprint density at radius 3 is 3.00 bits per heavy atom. The maximum atomic E-state index is 11.6. The first-order chi connectivity index (χ1) is 7.72. The van der Waals surface area contributed by atoms with E-state index in [0.717, 1.165) is 17.9 Å². The molecule has 1 fully saturated rings. The van der Waals surface area contributed by atoms with Crippen molar-refractivity contribution in [3.8, 4) is 0 Å². The minimum atomic E-state index is 0.0971. The fraction of sp³-hybridized carbons (Fsp3) is 0.500. The van der Waals surface area contributed by atoms with Gasteiger partial charge in [0.05, 0.1) is 12.7 Å². The zero-order chi connectivity index (χ0) is 11.5. The molecule has 0 aromatic carbocycles. The predicted octanol–water partition coefficient (Wildman–Crippen LogP) is -0.786. The molecule has 1 amide bonds. The molecule has 1 aromatic rings. The molecule has 0 bridgehead atoms. The van der Waals surface area contributed by atoms with Gasteiger partial charge < -0.3 is 15.5 Å². The second-order valence-corrected chi connectivity index (χ2v) is 3.82. The molecule has 6 heteroatoms. The lowest BCUT2D eigenvalue weighted by Gasteiger charge is -2.33. The Kier molecular flexibility index (Phi) is 3.00. The van der Waals surface area contributed by atoms with Gasteiger partial charge in [-0.25, -0.2) is 0 Å². The maximum absolute atomic E-state index is 11.6. The molecule has 0 saturated carbocycles. The smallest absolute Gasteiger partial charge is 0.241 e. The summed E-state index contributed by atoms with van der Waals surface area (Å²) >= 11 is 0. The molecule has 1 saturated heterocycles. The summed E-state index contributed by atoms with van der Waals surface area (Å²) in [6.45, 7) is 2.24. The van der Waals surface area contributed by atoms with Gasteiger partial charge in [-0.05, 0) is 6.07 Å². The zero-order valence-electron chi connectivity index (χ0n) is 9.26. The average Bonchev–Trinajstić information content (AvgIpc) is 2.32. The summed E-state index contributed by atoms with van der Waals surface area (Å²) in [4.78, 5) is 15.2. The van der Waals surface area contributed by atoms with Crippen molar-refractivity contribution in [2.45, 2.75) is 6.54 Å². The first-order valence-corrected chi connectivity index (χ1v) is 5.22. The SMILES string of the molecule is CN1CCN(c2nnccc2CN)CC1=O. The van der Waals surface area contributed by atoms with E-state index in [1.165, 1.54) is 0 Å². The van der Waals surface area contributed by atoms with Crippen LogP contribution in [0.5, 0.6) is 0 Å². The Balaban J connectivity index is 2.21. The number of hydrogen-bond donors (Lipinski definition) is 1. The quantitative estimate of drug-likeness (QED) is 0.708.